The van der Waals surface area contributed by atoms with Crippen LogP contribution in [0.1, 0.15) is 19.8 Å². The van der Waals surface area contributed by atoms with Crippen molar-refractivity contribution >= 4 is 29.0 Å². The molecule has 0 bridgehead atoms. The van der Waals surface area contributed by atoms with Crippen LogP contribution in [0.2, 0.25) is 0 Å². The van der Waals surface area contributed by atoms with Gasteiger partial charge in [-0.3, -0.25) is 4.79 Å². The molecular weight excluding hydrogens is 352 g/mol. The standard InChI is InChI=1S/C22H28N4O2/c1-3-25(2)20-11-7-10-19(16-20)23-21(27)17-12-14-26(15-13-17)22(28)24-18-8-5-4-6-9-18/h4-11,16-17H,3,12-15H2,1-2H3,(H,23,27)(H,24,28). The highest BCUT2D eigenvalue weighted by Gasteiger charge is 2.27. The molecule has 0 radical (unpaired) electrons. The summed E-state index contributed by atoms with van der Waals surface area (Å²) in [5, 5.41) is 5.93. The fourth-order valence-corrected chi connectivity index (χ4v) is 3.32. The van der Waals surface area contributed by atoms with Crippen molar-refractivity contribution in [3.63, 3.8) is 0 Å². The first-order chi connectivity index (χ1) is 13.6. The number of piperidine rings is 1. The van der Waals surface area contributed by atoms with Crippen LogP contribution in [-0.4, -0.2) is 43.5 Å². The molecule has 3 rings (SSSR count). The molecule has 1 aliphatic rings. The minimum absolute atomic E-state index is 0.0272. The maximum Gasteiger partial charge on any atom is 0.321 e. The Morgan fingerprint density at radius 2 is 1.68 bits per heavy atom. The number of para-hydroxylation sites is 1. The Balaban J connectivity index is 1.50. The molecular formula is C22H28N4O2. The number of hydrogen-bond donors (Lipinski definition) is 2. The minimum Gasteiger partial charge on any atom is -0.375 e. The summed E-state index contributed by atoms with van der Waals surface area (Å²) in [5.74, 6) is -0.0484. The van der Waals surface area contributed by atoms with Gasteiger partial charge in [0.15, 0.2) is 0 Å². The highest BCUT2D eigenvalue weighted by Crippen LogP contribution is 2.22. The summed E-state index contributed by atoms with van der Waals surface area (Å²) in [6.07, 6.45) is 1.34. The van der Waals surface area contributed by atoms with Crippen molar-refractivity contribution in [2.75, 3.05) is 42.2 Å². The second kappa shape index (κ2) is 9.26. The lowest BCUT2D eigenvalue weighted by atomic mass is 9.96. The summed E-state index contributed by atoms with van der Waals surface area (Å²) in [6, 6.07) is 17.2. The summed E-state index contributed by atoms with van der Waals surface area (Å²) in [4.78, 5) is 28.9. The van der Waals surface area contributed by atoms with E-state index in [9.17, 15) is 9.59 Å². The van der Waals surface area contributed by atoms with Gasteiger partial charge in [0.1, 0.15) is 0 Å². The number of benzene rings is 2. The lowest BCUT2D eigenvalue weighted by Crippen LogP contribution is -2.43. The molecule has 2 N–H and O–H groups in total. The van der Waals surface area contributed by atoms with E-state index in [4.69, 9.17) is 0 Å². The Labute approximate surface area is 166 Å². The van der Waals surface area contributed by atoms with Gasteiger partial charge in [-0.1, -0.05) is 24.3 Å². The van der Waals surface area contributed by atoms with E-state index in [1.54, 1.807) is 4.90 Å². The summed E-state index contributed by atoms with van der Waals surface area (Å²) >= 11 is 0. The van der Waals surface area contributed by atoms with Crippen molar-refractivity contribution in [1.29, 1.82) is 0 Å². The topological polar surface area (TPSA) is 64.7 Å². The first-order valence-corrected chi connectivity index (χ1v) is 9.80. The molecule has 0 atom stereocenters. The minimum atomic E-state index is -0.111. The average Bonchev–Trinajstić information content (AvgIpc) is 2.74. The highest BCUT2D eigenvalue weighted by molar-refractivity contribution is 5.93. The maximum atomic E-state index is 12.6. The quantitative estimate of drug-likeness (QED) is 0.823. The second-order valence-electron chi connectivity index (χ2n) is 7.11. The zero-order chi connectivity index (χ0) is 19.9. The summed E-state index contributed by atoms with van der Waals surface area (Å²) in [7, 11) is 2.02. The summed E-state index contributed by atoms with van der Waals surface area (Å²) < 4.78 is 0. The van der Waals surface area contributed by atoms with Crippen molar-refractivity contribution in [2.45, 2.75) is 19.8 Å². The van der Waals surface area contributed by atoms with Crippen LogP contribution in [0.15, 0.2) is 54.6 Å². The van der Waals surface area contributed by atoms with E-state index in [0.717, 1.165) is 23.6 Å². The monoisotopic (exact) mass is 380 g/mol. The number of hydrogen-bond acceptors (Lipinski definition) is 3. The number of carbonyl (C=O) groups is 2. The van der Waals surface area contributed by atoms with Crippen molar-refractivity contribution < 1.29 is 9.59 Å². The molecule has 1 saturated heterocycles. The van der Waals surface area contributed by atoms with Crippen LogP contribution in [0.25, 0.3) is 0 Å². The zero-order valence-electron chi connectivity index (χ0n) is 16.5. The molecule has 28 heavy (non-hydrogen) atoms. The van der Waals surface area contributed by atoms with Crippen LogP contribution in [0, 0.1) is 5.92 Å². The number of nitrogens with one attached hydrogen (secondary N) is 2. The molecule has 2 aromatic rings. The van der Waals surface area contributed by atoms with E-state index in [2.05, 4.69) is 22.5 Å². The van der Waals surface area contributed by atoms with Gasteiger partial charge in [-0.15, -0.1) is 0 Å². The molecule has 3 amide bonds. The number of anilines is 3. The van der Waals surface area contributed by atoms with Gasteiger partial charge in [0.25, 0.3) is 0 Å². The fourth-order valence-electron chi connectivity index (χ4n) is 3.32. The fraction of sp³-hybridized carbons (Fsp3) is 0.364. The second-order valence-corrected chi connectivity index (χ2v) is 7.11. The van der Waals surface area contributed by atoms with Crippen molar-refractivity contribution in [3.8, 4) is 0 Å². The first-order valence-electron chi connectivity index (χ1n) is 9.80. The molecule has 0 spiro atoms. The number of rotatable bonds is 5. The van der Waals surface area contributed by atoms with Crippen LogP contribution in [-0.2, 0) is 4.79 Å². The predicted molar refractivity (Wildman–Crippen MR) is 114 cm³/mol. The Bertz CT molecular complexity index is 801. The van der Waals surface area contributed by atoms with Gasteiger partial charge in [-0.2, -0.15) is 0 Å². The molecule has 1 fully saturated rings. The third-order valence-corrected chi connectivity index (χ3v) is 5.21. The molecule has 148 valence electrons. The Kier molecular flexibility index (Phi) is 6.53. The highest BCUT2D eigenvalue weighted by atomic mass is 16.2. The molecule has 0 unspecified atom stereocenters. The molecule has 0 aliphatic carbocycles. The van der Waals surface area contributed by atoms with E-state index in [0.29, 0.717) is 25.9 Å². The van der Waals surface area contributed by atoms with E-state index >= 15 is 0 Å². The van der Waals surface area contributed by atoms with Gasteiger partial charge in [-0.05, 0) is 50.1 Å². The van der Waals surface area contributed by atoms with Gasteiger partial charge < -0.3 is 20.4 Å². The van der Waals surface area contributed by atoms with Gasteiger partial charge in [0.2, 0.25) is 5.91 Å². The van der Waals surface area contributed by atoms with E-state index in [-0.39, 0.29) is 17.9 Å². The third-order valence-electron chi connectivity index (χ3n) is 5.21. The number of likely N-dealkylation sites (tertiary alicyclic amines) is 1. The van der Waals surface area contributed by atoms with Gasteiger partial charge >= 0.3 is 6.03 Å². The Morgan fingerprint density at radius 1 is 1.00 bits per heavy atom. The van der Waals surface area contributed by atoms with Crippen molar-refractivity contribution in [3.05, 3.63) is 54.6 Å². The summed E-state index contributed by atoms with van der Waals surface area (Å²) in [6.45, 7) is 4.15. The van der Waals surface area contributed by atoms with Gasteiger partial charge in [-0.25, -0.2) is 4.79 Å². The van der Waals surface area contributed by atoms with Gasteiger partial charge in [0, 0.05) is 49.7 Å². The Hall–Kier alpha value is -3.02. The smallest absolute Gasteiger partial charge is 0.321 e. The Morgan fingerprint density at radius 3 is 2.36 bits per heavy atom. The van der Waals surface area contributed by atoms with E-state index < -0.39 is 0 Å². The normalized spacial score (nSPS) is 14.4. The number of carbonyl (C=O) groups excluding carboxylic acids is 2. The molecule has 0 saturated carbocycles. The molecule has 1 aliphatic heterocycles. The molecule has 6 heteroatoms. The molecule has 2 aromatic carbocycles. The average molecular weight is 380 g/mol. The maximum absolute atomic E-state index is 12.6. The number of urea groups is 1. The van der Waals surface area contributed by atoms with Gasteiger partial charge in [0.05, 0.1) is 0 Å². The van der Waals surface area contributed by atoms with E-state index in [1.165, 1.54) is 0 Å². The lowest BCUT2D eigenvalue weighted by molar-refractivity contribution is -0.121. The number of amides is 3. The summed E-state index contributed by atoms with van der Waals surface area (Å²) in [5.41, 5.74) is 2.67. The predicted octanol–water partition coefficient (Wildman–Crippen LogP) is 4.03. The van der Waals surface area contributed by atoms with E-state index in [1.807, 2.05) is 61.6 Å². The van der Waals surface area contributed by atoms with Crippen LogP contribution in [0.3, 0.4) is 0 Å². The van der Waals surface area contributed by atoms with Crippen LogP contribution >= 0.6 is 0 Å². The number of nitrogens with zero attached hydrogens (tertiary/aromatic N) is 2. The SMILES string of the molecule is CCN(C)c1cccc(NC(=O)C2CCN(C(=O)Nc3ccccc3)CC2)c1. The van der Waals surface area contributed by atoms with Crippen molar-refractivity contribution in [2.24, 2.45) is 5.92 Å². The lowest BCUT2D eigenvalue weighted by Gasteiger charge is -2.31. The van der Waals surface area contributed by atoms with Crippen LogP contribution in [0.4, 0.5) is 21.9 Å². The first kappa shape index (κ1) is 19.7. The van der Waals surface area contributed by atoms with Crippen LogP contribution < -0.4 is 15.5 Å². The molecule has 6 nitrogen and oxygen atoms in total. The zero-order valence-corrected chi connectivity index (χ0v) is 16.5. The van der Waals surface area contributed by atoms with Crippen molar-refractivity contribution in [1.82, 2.24) is 4.90 Å². The molecule has 1 heterocycles. The molecule has 0 aromatic heterocycles. The third kappa shape index (κ3) is 5.03. The largest absolute Gasteiger partial charge is 0.375 e. The van der Waals surface area contributed by atoms with Crippen LogP contribution in [0.5, 0.6) is 0 Å².